The van der Waals surface area contributed by atoms with Crippen LogP contribution in [0.4, 0.5) is 22.7 Å². The van der Waals surface area contributed by atoms with Crippen LogP contribution < -0.4 is 20.4 Å². The van der Waals surface area contributed by atoms with Crippen molar-refractivity contribution >= 4 is 46.0 Å². The van der Waals surface area contributed by atoms with E-state index in [2.05, 4.69) is 34.6 Å². The summed E-state index contributed by atoms with van der Waals surface area (Å²) in [6, 6.07) is 13.1. The van der Waals surface area contributed by atoms with E-state index in [1.54, 1.807) is 12.1 Å². The molecule has 4 rings (SSSR count). The van der Waals surface area contributed by atoms with E-state index in [1.165, 1.54) is 31.0 Å². The summed E-state index contributed by atoms with van der Waals surface area (Å²) in [4.78, 5) is 28.4. The lowest BCUT2D eigenvalue weighted by atomic mass is 10.0. The Morgan fingerprint density at radius 2 is 1.74 bits per heavy atom. The number of thiocarbonyl (C=S) groups is 1. The molecule has 0 aliphatic carbocycles. The van der Waals surface area contributed by atoms with Crippen LogP contribution in [0.5, 0.6) is 0 Å². The molecule has 2 aromatic carbocycles. The minimum absolute atomic E-state index is 0.0593. The van der Waals surface area contributed by atoms with Gasteiger partial charge in [0.25, 0.3) is 11.6 Å². The van der Waals surface area contributed by atoms with Crippen molar-refractivity contribution in [2.24, 2.45) is 0 Å². The van der Waals surface area contributed by atoms with Gasteiger partial charge < -0.3 is 15.1 Å². The van der Waals surface area contributed by atoms with Gasteiger partial charge in [0.05, 0.1) is 4.92 Å². The van der Waals surface area contributed by atoms with Crippen LogP contribution in [0.1, 0.15) is 55.8 Å². The van der Waals surface area contributed by atoms with Crippen molar-refractivity contribution in [3.8, 4) is 0 Å². The highest BCUT2D eigenvalue weighted by atomic mass is 32.1. The van der Waals surface area contributed by atoms with E-state index >= 15 is 0 Å². The molecular weight excluding hydrogens is 450 g/mol. The molecule has 0 radical (unpaired) electrons. The van der Waals surface area contributed by atoms with Gasteiger partial charge in [-0.2, -0.15) is 0 Å². The van der Waals surface area contributed by atoms with Crippen LogP contribution in [-0.2, 0) is 0 Å². The molecular formula is C25H31N5O3S. The number of anilines is 3. The second-order valence-electron chi connectivity index (χ2n) is 9.00. The largest absolute Gasteiger partial charge is 0.369 e. The zero-order chi connectivity index (χ0) is 24.1. The van der Waals surface area contributed by atoms with E-state index in [1.807, 2.05) is 17.0 Å². The average Bonchev–Trinajstić information content (AvgIpc) is 2.85. The van der Waals surface area contributed by atoms with E-state index in [9.17, 15) is 14.9 Å². The van der Waals surface area contributed by atoms with Crippen molar-refractivity contribution in [2.75, 3.05) is 34.8 Å². The standard InChI is InChI=1S/C25H31N5O3S/c1-18-7-3-6-16-29(18)21-11-9-20(10-12-21)26-25(34)27-24(31)19-8-13-22(23(17-19)30(32)33)28-14-4-2-5-15-28/h8-13,17-18H,2-7,14-16H2,1H3,(H2,26,27,31,34). The van der Waals surface area contributed by atoms with Crippen LogP contribution in [0.2, 0.25) is 0 Å². The first-order valence-corrected chi connectivity index (χ1v) is 12.4. The van der Waals surface area contributed by atoms with Crippen molar-refractivity contribution in [1.82, 2.24) is 5.32 Å². The summed E-state index contributed by atoms with van der Waals surface area (Å²) in [5.74, 6) is -0.482. The maximum absolute atomic E-state index is 12.7. The molecule has 8 nitrogen and oxygen atoms in total. The molecule has 2 heterocycles. The third kappa shape index (κ3) is 5.64. The van der Waals surface area contributed by atoms with Gasteiger partial charge in [0.2, 0.25) is 0 Å². The Bertz CT molecular complexity index is 1050. The van der Waals surface area contributed by atoms with Gasteiger partial charge in [-0.25, -0.2) is 0 Å². The van der Waals surface area contributed by atoms with Gasteiger partial charge in [-0.15, -0.1) is 0 Å². The van der Waals surface area contributed by atoms with Crippen molar-refractivity contribution < 1.29 is 9.72 Å². The summed E-state index contributed by atoms with van der Waals surface area (Å²) in [6.45, 7) is 4.89. The summed E-state index contributed by atoms with van der Waals surface area (Å²) < 4.78 is 0. The fourth-order valence-corrected chi connectivity index (χ4v) is 4.98. The monoisotopic (exact) mass is 481 g/mol. The van der Waals surface area contributed by atoms with Gasteiger partial charge in [0.1, 0.15) is 5.69 Å². The first kappa shape index (κ1) is 23.9. The number of carbonyl (C=O) groups excluding carboxylic acids is 1. The first-order valence-electron chi connectivity index (χ1n) is 11.9. The Hall–Kier alpha value is -3.20. The fourth-order valence-electron chi connectivity index (χ4n) is 4.77. The zero-order valence-electron chi connectivity index (χ0n) is 19.5. The molecule has 2 fully saturated rings. The quantitative estimate of drug-likeness (QED) is 0.349. The van der Waals surface area contributed by atoms with E-state index in [4.69, 9.17) is 12.2 Å². The molecule has 2 saturated heterocycles. The normalized spacial score (nSPS) is 18.3. The van der Waals surface area contributed by atoms with Gasteiger partial charge >= 0.3 is 0 Å². The zero-order valence-corrected chi connectivity index (χ0v) is 20.3. The lowest BCUT2D eigenvalue weighted by Gasteiger charge is -2.35. The number of piperidine rings is 2. The molecule has 2 aliphatic rings. The molecule has 180 valence electrons. The van der Waals surface area contributed by atoms with Crippen molar-refractivity contribution in [3.63, 3.8) is 0 Å². The molecule has 2 N–H and O–H groups in total. The van der Waals surface area contributed by atoms with E-state index in [0.717, 1.165) is 44.6 Å². The van der Waals surface area contributed by atoms with Crippen LogP contribution in [0.25, 0.3) is 0 Å². The average molecular weight is 482 g/mol. The Labute approximate surface area is 205 Å². The van der Waals surface area contributed by atoms with Gasteiger partial charge in [-0.3, -0.25) is 20.2 Å². The van der Waals surface area contributed by atoms with Crippen molar-refractivity contribution in [2.45, 2.75) is 51.5 Å². The molecule has 34 heavy (non-hydrogen) atoms. The van der Waals surface area contributed by atoms with Crippen LogP contribution in [0.15, 0.2) is 42.5 Å². The number of rotatable bonds is 5. The number of carbonyl (C=O) groups is 1. The molecule has 1 amide bonds. The topological polar surface area (TPSA) is 90.8 Å². The molecule has 1 atom stereocenters. The van der Waals surface area contributed by atoms with Crippen LogP contribution in [0, 0.1) is 10.1 Å². The lowest BCUT2D eigenvalue weighted by Crippen LogP contribution is -2.37. The summed E-state index contributed by atoms with van der Waals surface area (Å²) in [6.07, 6.45) is 6.84. The Balaban J connectivity index is 1.39. The van der Waals surface area contributed by atoms with Gasteiger partial charge in [-0.1, -0.05) is 0 Å². The number of benzene rings is 2. The lowest BCUT2D eigenvalue weighted by molar-refractivity contribution is -0.384. The summed E-state index contributed by atoms with van der Waals surface area (Å²) in [5.41, 5.74) is 2.64. The van der Waals surface area contributed by atoms with E-state index in [-0.39, 0.29) is 16.4 Å². The number of amides is 1. The Morgan fingerprint density at radius 3 is 2.41 bits per heavy atom. The summed E-state index contributed by atoms with van der Waals surface area (Å²) in [7, 11) is 0. The third-order valence-electron chi connectivity index (χ3n) is 6.62. The smallest absolute Gasteiger partial charge is 0.293 e. The summed E-state index contributed by atoms with van der Waals surface area (Å²) in [5, 5.41) is 17.5. The van der Waals surface area contributed by atoms with Gasteiger partial charge in [-0.05, 0) is 94.1 Å². The molecule has 2 aromatic rings. The van der Waals surface area contributed by atoms with E-state index < -0.39 is 10.8 Å². The van der Waals surface area contributed by atoms with Crippen molar-refractivity contribution in [1.29, 1.82) is 0 Å². The fraction of sp³-hybridized carbons (Fsp3) is 0.440. The number of nitro benzene ring substituents is 1. The minimum atomic E-state index is -0.482. The van der Waals surface area contributed by atoms with Gasteiger partial charge in [0.15, 0.2) is 5.11 Å². The van der Waals surface area contributed by atoms with Crippen LogP contribution in [-0.4, -0.2) is 41.6 Å². The SMILES string of the molecule is CC1CCCCN1c1ccc(NC(=S)NC(=O)c2ccc(N3CCCCC3)c([N+](=O)[O-])c2)cc1. The number of nitro groups is 1. The highest BCUT2D eigenvalue weighted by Gasteiger charge is 2.23. The second-order valence-corrected chi connectivity index (χ2v) is 9.41. The predicted octanol–water partition coefficient (Wildman–Crippen LogP) is 5.09. The predicted molar refractivity (Wildman–Crippen MR) is 140 cm³/mol. The number of hydrogen-bond acceptors (Lipinski definition) is 6. The maximum atomic E-state index is 12.7. The van der Waals surface area contributed by atoms with E-state index in [0.29, 0.717) is 11.7 Å². The highest BCUT2D eigenvalue weighted by molar-refractivity contribution is 7.80. The Kier molecular flexibility index (Phi) is 7.62. The molecule has 2 aliphatic heterocycles. The summed E-state index contributed by atoms with van der Waals surface area (Å²) >= 11 is 5.31. The van der Waals surface area contributed by atoms with Crippen LogP contribution >= 0.6 is 12.2 Å². The maximum Gasteiger partial charge on any atom is 0.293 e. The molecule has 0 spiro atoms. The van der Waals surface area contributed by atoms with Crippen molar-refractivity contribution in [3.05, 3.63) is 58.1 Å². The first-order chi connectivity index (χ1) is 16.4. The minimum Gasteiger partial charge on any atom is -0.369 e. The molecule has 9 heteroatoms. The molecule has 0 aromatic heterocycles. The molecule has 0 bridgehead atoms. The van der Waals surface area contributed by atoms with Crippen LogP contribution in [0.3, 0.4) is 0 Å². The molecule has 0 saturated carbocycles. The number of nitrogens with one attached hydrogen (secondary N) is 2. The number of nitrogens with zero attached hydrogens (tertiary/aromatic N) is 3. The van der Waals surface area contributed by atoms with Gasteiger partial charge in [0, 0.05) is 48.7 Å². The Morgan fingerprint density at radius 1 is 1.03 bits per heavy atom. The second kappa shape index (κ2) is 10.8. The highest BCUT2D eigenvalue weighted by Crippen LogP contribution is 2.31. The third-order valence-corrected chi connectivity index (χ3v) is 6.82. The molecule has 1 unspecified atom stereocenters. The number of hydrogen-bond donors (Lipinski definition) is 2.